The molecule has 2 rings (SSSR count). The van der Waals surface area contributed by atoms with Gasteiger partial charge in [-0.25, -0.2) is 4.79 Å². The maximum absolute atomic E-state index is 13.5. The molecule has 2 fully saturated rings. The van der Waals surface area contributed by atoms with Gasteiger partial charge in [-0.3, -0.25) is 14.2 Å². The summed E-state index contributed by atoms with van der Waals surface area (Å²) in [5, 5.41) is 12.1. The van der Waals surface area contributed by atoms with Crippen molar-refractivity contribution in [1.82, 2.24) is 21.3 Å². The van der Waals surface area contributed by atoms with E-state index in [9.17, 15) is 23.1 Å². The number of nitrogens with one attached hydrogen (secondary N) is 4. The Labute approximate surface area is 344 Å². The average molecular weight is 859 g/mol. The molecule has 16 nitrogen and oxygen atoms in total. The van der Waals surface area contributed by atoms with E-state index in [4.69, 9.17) is 33.2 Å². The van der Waals surface area contributed by atoms with Gasteiger partial charge in [0.15, 0.2) is 0 Å². The number of fused-ring (bicyclic) bond motifs is 1. The van der Waals surface area contributed by atoms with E-state index in [0.717, 1.165) is 63.5 Å². The molecule has 2 saturated heterocycles. The lowest BCUT2D eigenvalue weighted by molar-refractivity contribution is -0.122. The molecule has 4 N–H and O–H groups in total. The van der Waals surface area contributed by atoms with Gasteiger partial charge in [-0.1, -0.05) is 38.5 Å². The fourth-order valence-electron chi connectivity index (χ4n) is 6.13. The van der Waals surface area contributed by atoms with E-state index in [2.05, 4.69) is 25.8 Å². The molecule has 4 amide bonds. The first-order valence-electron chi connectivity index (χ1n) is 21.0. The van der Waals surface area contributed by atoms with Crippen LogP contribution < -0.4 is 21.3 Å². The number of unbranched alkanes of at least 4 members (excludes halogenated alkanes) is 7. The van der Waals surface area contributed by atoms with Crippen LogP contribution in [0.15, 0.2) is 0 Å². The second-order valence-corrected chi connectivity index (χ2v) is 17.0. The van der Waals surface area contributed by atoms with Gasteiger partial charge < -0.3 is 58.9 Å². The van der Waals surface area contributed by atoms with E-state index in [1.165, 1.54) is 0 Å². The van der Waals surface area contributed by atoms with Gasteiger partial charge in [-0.15, -0.1) is 0 Å². The fraction of sp³-hybridized carbons (Fsp3) is 0.921. The molecule has 0 aromatic rings. The SMILES string of the molecule is CCOP(=O)(F)CCCCCCCCCC(=O)NCCOCCOCCOCCOCCOCCOCCOCCNC(=O)CCCC[C@@H]1SC[C@@H]2NC(=O)N[C@@H]21. The lowest BCUT2D eigenvalue weighted by Gasteiger charge is -2.16. The Bertz CT molecular complexity index is 1090. The molecule has 0 aliphatic carbocycles. The first kappa shape index (κ1) is 51.5. The van der Waals surface area contributed by atoms with E-state index in [1.807, 2.05) is 11.8 Å². The zero-order chi connectivity index (χ0) is 41.1. The van der Waals surface area contributed by atoms with Gasteiger partial charge in [0.1, 0.15) is 0 Å². The van der Waals surface area contributed by atoms with Crippen molar-refractivity contribution in [3.05, 3.63) is 0 Å². The Morgan fingerprint density at radius 2 is 1.07 bits per heavy atom. The highest BCUT2D eigenvalue weighted by atomic mass is 32.2. The molecule has 2 aliphatic heterocycles. The summed E-state index contributed by atoms with van der Waals surface area (Å²) in [4.78, 5) is 35.5. The van der Waals surface area contributed by atoms with E-state index < -0.39 is 7.68 Å². The first-order valence-corrected chi connectivity index (χ1v) is 23.7. The Hall–Kier alpha value is -1.60. The molecule has 4 atom stereocenters. The highest BCUT2D eigenvalue weighted by Crippen LogP contribution is 2.49. The molecule has 1 unspecified atom stereocenters. The third-order valence-electron chi connectivity index (χ3n) is 9.10. The van der Waals surface area contributed by atoms with Crippen LogP contribution in [-0.4, -0.2) is 159 Å². The third kappa shape index (κ3) is 29.3. The van der Waals surface area contributed by atoms with Crippen molar-refractivity contribution < 1.29 is 60.8 Å². The highest BCUT2D eigenvalue weighted by molar-refractivity contribution is 8.00. The third-order valence-corrected chi connectivity index (χ3v) is 12.1. The maximum atomic E-state index is 13.5. The summed E-state index contributed by atoms with van der Waals surface area (Å²) >= 11 is 1.90. The molecular weight excluding hydrogens is 786 g/mol. The molecule has 19 heteroatoms. The van der Waals surface area contributed by atoms with Crippen LogP contribution in [0.2, 0.25) is 0 Å². The van der Waals surface area contributed by atoms with Crippen LogP contribution in [0.25, 0.3) is 0 Å². The van der Waals surface area contributed by atoms with Crippen molar-refractivity contribution in [2.24, 2.45) is 0 Å². The van der Waals surface area contributed by atoms with Gasteiger partial charge in [0, 0.05) is 36.9 Å². The Balaban J connectivity index is 1.17. The number of halogens is 1. The molecule has 57 heavy (non-hydrogen) atoms. The van der Waals surface area contributed by atoms with Crippen LogP contribution in [0, 0.1) is 0 Å². The summed E-state index contributed by atoms with van der Waals surface area (Å²) < 4.78 is 68.0. The Morgan fingerprint density at radius 3 is 1.54 bits per heavy atom. The lowest BCUT2D eigenvalue weighted by atomic mass is 10.0. The number of urea groups is 1. The minimum Gasteiger partial charge on any atom is -0.377 e. The standard InChI is InChI=1S/C38H72FN4O12PS/c1-2-55-56(39,47)31-11-7-5-3-4-6-8-13-35(44)40-15-17-48-19-21-50-23-25-52-27-29-54-30-28-53-26-24-51-22-20-49-18-16-41-36(45)14-10-9-12-34-37-33(32-57-34)42-38(46)43-37/h33-34,37H,2-32H2,1H3,(H,40,44)(H,41,45)(H2,42,43,46)/t33-,34-,37-,56?/m0/s1. The van der Waals surface area contributed by atoms with Crippen LogP contribution in [0.4, 0.5) is 8.99 Å². The fourth-order valence-corrected chi connectivity index (χ4v) is 8.78. The van der Waals surface area contributed by atoms with Crippen molar-refractivity contribution in [2.45, 2.75) is 101 Å². The molecule has 0 saturated carbocycles. The van der Waals surface area contributed by atoms with Gasteiger partial charge in [-0.05, 0) is 32.6 Å². The van der Waals surface area contributed by atoms with Gasteiger partial charge in [0.25, 0.3) is 0 Å². The zero-order valence-electron chi connectivity index (χ0n) is 34.3. The maximum Gasteiger partial charge on any atom is 0.367 e. The summed E-state index contributed by atoms with van der Waals surface area (Å²) in [5.41, 5.74) is 0. The minimum absolute atomic E-state index is 0.000748. The second kappa shape index (κ2) is 35.2. The highest BCUT2D eigenvalue weighted by Gasteiger charge is 2.42. The van der Waals surface area contributed by atoms with Crippen molar-refractivity contribution >= 4 is 37.3 Å². The number of carbonyl (C=O) groups is 3. The summed E-state index contributed by atoms with van der Waals surface area (Å²) in [6.07, 6.45) is 10.0. The molecule has 0 aromatic heterocycles. The van der Waals surface area contributed by atoms with Crippen molar-refractivity contribution in [2.75, 3.05) is 124 Å². The number of ether oxygens (including phenoxy) is 7. The number of hydrogen-bond donors (Lipinski definition) is 4. The van der Waals surface area contributed by atoms with Crippen LogP contribution in [0.5, 0.6) is 0 Å². The summed E-state index contributed by atoms with van der Waals surface area (Å²) in [6, 6.07) is 0.391. The number of thioether (sulfide) groups is 1. The molecule has 0 aromatic carbocycles. The Morgan fingerprint density at radius 1 is 0.649 bits per heavy atom. The van der Waals surface area contributed by atoms with Crippen LogP contribution in [-0.2, 0) is 51.8 Å². The number of carbonyl (C=O) groups excluding carboxylic acids is 3. The lowest BCUT2D eigenvalue weighted by Crippen LogP contribution is -2.36. The largest absolute Gasteiger partial charge is 0.377 e. The monoisotopic (exact) mass is 858 g/mol. The van der Waals surface area contributed by atoms with Gasteiger partial charge >= 0.3 is 13.7 Å². The predicted octanol–water partition coefficient (Wildman–Crippen LogP) is 4.38. The zero-order valence-corrected chi connectivity index (χ0v) is 36.0. The number of rotatable bonds is 41. The predicted molar refractivity (Wildman–Crippen MR) is 218 cm³/mol. The van der Waals surface area contributed by atoms with Crippen molar-refractivity contribution in [1.29, 1.82) is 0 Å². The average Bonchev–Trinajstić information content (AvgIpc) is 3.74. The smallest absolute Gasteiger partial charge is 0.367 e. The molecule has 2 heterocycles. The van der Waals surface area contributed by atoms with E-state index in [0.29, 0.717) is 130 Å². The molecule has 0 radical (unpaired) electrons. The van der Waals surface area contributed by atoms with Crippen LogP contribution >= 0.6 is 19.4 Å². The molecule has 2 aliphatic rings. The quantitative estimate of drug-likeness (QED) is 0.0386. The van der Waals surface area contributed by atoms with Crippen molar-refractivity contribution in [3.63, 3.8) is 0 Å². The van der Waals surface area contributed by atoms with Crippen molar-refractivity contribution in [3.8, 4) is 0 Å². The normalized spacial score (nSPS) is 18.6. The summed E-state index contributed by atoms with van der Waals surface area (Å²) in [6.45, 7) is 9.12. The summed E-state index contributed by atoms with van der Waals surface area (Å²) in [7, 11) is -3.89. The second-order valence-electron chi connectivity index (χ2n) is 13.8. The topological polar surface area (TPSA) is 190 Å². The molecule has 0 spiro atoms. The van der Waals surface area contributed by atoms with Gasteiger partial charge in [0.05, 0.1) is 117 Å². The molecule has 0 bridgehead atoms. The molecular formula is C38H72FN4O12PS. The number of amides is 4. The van der Waals surface area contributed by atoms with Gasteiger partial charge in [0.2, 0.25) is 11.8 Å². The molecule has 334 valence electrons. The van der Waals surface area contributed by atoms with Gasteiger partial charge in [-0.2, -0.15) is 16.0 Å². The Kier molecular flexibility index (Phi) is 31.8. The van der Waals surface area contributed by atoms with E-state index >= 15 is 0 Å². The number of hydrogen-bond acceptors (Lipinski definition) is 13. The minimum atomic E-state index is -3.89. The summed E-state index contributed by atoms with van der Waals surface area (Å²) in [5.74, 6) is 1.01. The van der Waals surface area contributed by atoms with Crippen LogP contribution in [0.1, 0.15) is 84.0 Å². The van der Waals surface area contributed by atoms with E-state index in [1.54, 1.807) is 6.92 Å². The van der Waals surface area contributed by atoms with E-state index in [-0.39, 0.29) is 42.7 Å². The van der Waals surface area contributed by atoms with Crippen LogP contribution in [0.3, 0.4) is 0 Å². The first-order chi connectivity index (χ1) is 27.8.